The van der Waals surface area contributed by atoms with E-state index in [1.165, 1.54) is 59.2 Å². The molecule has 4 unspecified atom stereocenters. The zero-order valence-electron chi connectivity index (χ0n) is 18.4. The van der Waals surface area contributed by atoms with E-state index in [0.717, 1.165) is 0 Å². The molecule has 4 atom stereocenters. The molecule has 29 heavy (non-hydrogen) atoms. The van der Waals surface area contributed by atoms with Crippen molar-refractivity contribution in [3.05, 3.63) is 0 Å². The van der Waals surface area contributed by atoms with Crippen molar-refractivity contribution in [2.45, 2.75) is 71.6 Å². The smallest absolute Gasteiger partial charge is 0.309 e. The van der Waals surface area contributed by atoms with Crippen molar-refractivity contribution >= 4 is 24.7 Å². The van der Waals surface area contributed by atoms with Crippen LogP contribution in [0, 0.1) is 23.7 Å². The van der Waals surface area contributed by atoms with Gasteiger partial charge in [-0.05, 0) is 12.8 Å². The topological polar surface area (TPSA) is 96.0 Å². The highest BCUT2D eigenvalue weighted by Crippen LogP contribution is 2.42. The highest BCUT2D eigenvalue weighted by atomic mass is 16.5. The minimum absolute atomic E-state index is 0.00232. The molecule has 1 heterocycles. The molecule has 1 saturated heterocycles. The number of hydrogen-bond acceptors (Lipinski definition) is 7. The molecule has 0 radical (unpaired) electrons. The summed E-state index contributed by atoms with van der Waals surface area (Å²) in [4.78, 5) is 42.9. The standard InChI is InChI=1S/C12H16O6.C7H14.C2H6.CH2O/c1-16-10(13)8-3-6-5-18-12(15)7(6)4-9(8)11(14)17-2;1-2-4-6-7-5-3-1;2*1-2/h6-9H,3-5H2,1-2H3;1-7H2;1-2H3;1H2. The first-order chi connectivity index (χ1) is 14.1. The van der Waals surface area contributed by atoms with Gasteiger partial charge in [-0.1, -0.05) is 58.8 Å². The molecule has 0 aromatic heterocycles. The van der Waals surface area contributed by atoms with E-state index in [2.05, 4.69) is 0 Å². The number of cyclic esters (lactones) is 1. The maximum Gasteiger partial charge on any atom is 0.309 e. The van der Waals surface area contributed by atoms with Gasteiger partial charge in [-0.25, -0.2) is 0 Å². The van der Waals surface area contributed by atoms with Crippen LogP contribution in [-0.4, -0.2) is 45.5 Å². The Balaban J connectivity index is 0.000000593. The number of fused-ring (bicyclic) bond motifs is 1. The fourth-order valence-corrected chi connectivity index (χ4v) is 4.12. The van der Waals surface area contributed by atoms with Crippen LogP contribution in [0.15, 0.2) is 0 Å². The second-order valence-electron chi connectivity index (χ2n) is 7.20. The van der Waals surface area contributed by atoms with Crippen molar-refractivity contribution in [2.75, 3.05) is 20.8 Å². The molecule has 1 aliphatic heterocycles. The Labute approximate surface area is 174 Å². The molecular formula is C22H38O7. The minimum Gasteiger partial charge on any atom is -0.469 e. The second-order valence-corrected chi connectivity index (χ2v) is 7.20. The normalized spacial score (nSPS) is 27.5. The molecule has 0 spiro atoms. The van der Waals surface area contributed by atoms with Gasteiger partial charge in [0.05, 0.1) is 38.6 Å². The van der Waals surface area contributed by atoms with Crippen molar-refractivity contribution in [1.82, 2.24) is 0 Å². The quantitative estimate of drug-likeness (QED) is 0.386. The molecule has 3 aliphatic rings. The highest BCUT2D eigenvalue weighted by Gasteiger charge is 2.50. The van der Waals surface area contributed by atoms with Gasteiger partial charge in [-0.15, -0.1) is 0 Å². The van der Waals surface area contributed by atoms with Gasteiger partial charge in [0.15, 0.2) is 0 Å². The maximum atomic E-state index is 11.7. The first kappa shape index (κ1) is 27.1. The third-order valence-corrected chi connectivity index (χ3v) is 5.62. The van der Waals surface area contributed by atoms with E-state index in [0.29, 0.717) is 19.4 Å². The average molecular weight is 415 g/mol. The van der Waals surface area contributed by atoms with Crippen LogP contribution in [0.3, 0.4) is 0 Å². The van der Waals surface area contributed by atoms with Crippen molar-refractivity contribution in [2.24, 2.45) is 23.7 Å². The fraction of sp³-hybridized carbons (Fsp3) is 0.818. The Morgan fingerprint density at radius 2 is 1.21 bits per heavy atom. The molecule has 0 bridgehead atoms. The molecule has 168 valence electrons. The lowest BCUT2D eigenvalue weighted by Crippen LogP contribution is -2.41. The number of methoxy groups -OCH3 is 2. The lowest BCUT2D eigenvalue weighted by molar-refractivity contribution is -0.162. The highest BCUT2D eigenvalue weighted by molar-refractivity contribution is 5.84. The summed E-state index contributed by atoms with van der Waals surface area (Å²) in [5.74, 6) is -2.63. The molecule has 0 N–H and O–H groups in total. The van der Waals surface area contributed by atoms with E-state index in [9.17, 15) is 14.4 Å². The molecule has 0 aromatic rings. The lowest BCUT2D eigenvalue weighted by atomic mass is 9.69. The fourth-order valence-electron chi connectivity index (χ4n) is 4.12. The summed E-state index contributed by atoms with van der Waals surface area (Å²) >= 11 is 0. The first-order valence-corrected chi connectivity index (χ1v) is 10.7. The minimum atomic E-state index is -0.616. The van der Waals surface area contributed by atoms with E-state index in [1.807, 2.05) is 20.6 Å². The van der Waals surface area contributed by atoms with Gasteiger partial charge in [-0.2, -0.15) is 0 Å². The van der Waals surface area contributed by atoms with Crippen LogP contribution >= 0.6 is 0 Å². The van der Waals surface area contributed by atoms with Gasteiger partial charge >= 0.3 is 17.9 Å². The zero-order valence-corrected chi connectivity index (χ0v) is 18.4. The molecule has 3 rings (SSSR count). The SMILES string of the molecule is C1CCCCCC1.C=O.CC.COC(=O)C1CC2COC(=O)C2CC1C(=O)OC. The number of ether oxygens (including phenoxy) is 3. The molecule has 0 aromatic carbocycles. The van der Waals surface area contributed by atoms with Crippen LogP contribution in [-0.2, 0) is 33.4 Å². The number of carbonyl (C=O) groups excluding carboxylic acids is 4. The predicted molar refractivity (Wildman–Crippen MR) is 109 cm³/mol. The van der Waals surface area contributed by atoms with Crippen molar-refractivity contribution in [3.8, 4) is 0 Å². The van der Waals surface area contributed by atoms with Crippen LogP contribution in [0.25, 0.3) is 0 Å². The molecule has 2 aliphatic carbocycles. The van der Waals surface area contributed by atoms with Crippen LogP contribution < -0.4 is 0 Å². The van der Waals surface area contributed by atoms with Crippen LogP contribution in [0.2, 0.25) is 0 Å². The summed E-state index contributed by atoms with van der Waals surface area (Å²) in [5.41, 5.74) is 0. The van der Waals surface area contributed by atoms with Crippen LogP contribution in [0.5, 0.6) is 0 Å². The van der Waals surface area contributed by atoms with Crippen LogP contribution in [0.1, 0.15) is 71.6 Å². The van der Waals surface area contributed by atoms with Gasteiger partial charge in [0, 0.05) is 5.92 Å². The molecule has 0 amide bonds. The second kappa shape index (κ2) is 15.9. The Morgan fingerprint density at radius 3 is 1.59 bits per heavy atom. The zero-order chi connectivity index (χ0) is 22.2. The van der Waals surface area contributed by atoms with E-state index in [-0.39, 0.29) is 17.8 Å². The van der Waals surface area contributed by atoms with Gasteiger partial charge in [0.1, 0.15) is 6.79 Å². The predicted octanol–water partition coefficient (Wildman–Crippen LogP) is 3.72. The number of hydrogen-bond donors (Lipinski definition) is 0. The molecular weight excluding hydrogens is 376 g/mol. The van der Waals surface area contributed by atoms with Crippen LogP contribution in [0.4, 0.5) is 0 Å². The largest absolute Gasteiger partial charge is 0.469 e. The number of carbonyl (C=O) groups is 4. The van der Waals surface area contributed by atoms with Gasteiger partial charge in [0.2, 0.25) is 0 Å². The van der Waals surface area contributed by atoms with Gasteiger partial charge in [-0.3, -0.25) is 14.4 Å². The van der Waals surface area contributed by atoms with Gasteiger partial charge < -0.3 is 19.0 Å². The number of rotatable bonds is 2. The average Bonchev–Trinajstić information content (AvgIpc) is 2.98. The van der Waals surface area contributed by atoms with Crippen molar-refractivity contribution in [1.29, 1.82) is 0 Å². The van der Waals surface area contributed by atoms with E-state index < -0.39 is 23.8 Å². The Hall–Kier alpha value is -1.92. The third-order valence-electron chi connectivity index (χ3n) is 5.62. The lowest BCUT2D eigenvalue weighted by Gasteiger charge is -2.32. The van der Waals surface area contributed by atoms with Crippen molar-refractivity contribution in [3.63, 3.8) is 0 Å². The van der Waals surface area contributed by atoms with E-state index in [1.54, 1.807) is 0 Å². The summed E-state index contributed by atoms with van der Waals surface area (Å²) in [6, 6.07) is 0. The van der Waals surface area contributed by atoms with E-state index in [4.69, 9.17) is 19.0 Å². The summed E-state index contributed by atoms with van der Waals surface area (Å²) in [7, 11) is 2.56. The maximum absolute atomic E-state index is 11.7. The van der Waals surface area contributed by atoms with Crippen molar-refractivity contribution < 1.29 is 33.4 Å². The summed E-state index contributed by atoms with van der Waals surface area (Å²) in [6.07, 6.45) is 11.2. The molecule has 2 saturated carbocycles. The summed E-state index contributed by atoms with van der Waals surface area (Å²) < 4.78 is 14.4. The molecule has 7 nitrogen and oxygen atoms in total. The number of esters is 3. The Kier molecular flexibility index (Phi) is 14.9. The van der Waals surface area contributed by atoms with Gasteiger partial charge in [0.25, 0.3) is 0 Å². The summed E-state index contributed by atoms with van der Waals surface area (Å²) in [5, 5.41) is 0. The Morgan fingerprint density at radius 1 is 0.828 bits per heavy atom. The Bertz CT molecular complexity index is 472. The molecule has 3 fully saturated rings. The monoisotopic (exact) mass is 414 g/mol. The molecule has 7 heteroatoms. The van der Waals surface area contributed by atoms with E-state index >= 15 is 0 Å². The summed E-state index contributed by atoms with van der Waals surface area (Å²) in [6.45, 7) is 6.32. The first-order valence-electron chi connectivity index (χ1n) is 10.7. The third kappa shape index (κ3) is 8.54.